The third kappa shape index (κ3) is 18.4. The van der Waals surface area contributed by atoms with Crippen molar-refractivity contribution in [3.05, 3.63) is 95.6 Å². The first kappa shape index (κ1) is 43.6. The van der Waals surface area contributed by atoms with Crippen LogP contribution < -0.4 is 10.6 Å². The number of benzene rings is 3. The molecule has 0 aliphatic heterocycles. The van der Waals surface area contributed by atoms with Gasteiger partial charge in [0.05, 0.1) is 106 Å². The minimum Gasteiger partial charge on any atom is -0.449 e. The molecule has 14 heteroatoms. The number of hydrogen-bond acceptors (Lipinski definition) is 12. The molecule has 0 aromatic heterocycles. The molecule has 1 aliphatic rings. The number of carbonyl (C=O) groups excluding carboxylic acids is 2. The van der Waals surface area contributed by atoms with E-state index in [1.807, 2.05) is 54.6 Å². The predicted octanol–water partition coefficient (Wildman–Crippen LogP) is 4.58. The van der Waals surface area contributed by atoms with Gasteiger partial charge in [-0.1, -0.05) is 78.9 Å². The van der Waals surface area contributed by atoms with Gasteiger partial charge >= 0.3 is 12.2 Å². The lowest BCUT2D eigenvalue weighted by atomic mass is 9.98. The van der Waals surface area contributed by atoms with Gasteiger partial charge in [0, 0.05) is 19.0 Å². The maximum Gasteiger partial charge on any atom is 0.407 e. The van der Waals surface area contributed by atoms with Gasteiger partial charge in [-0.05, 0) is 27.8 Å². The first-order valence-electron chi connectivity index (χ1n) is 18.9. The Kier molecular flexibility index (Phi) is 22.4. The number of carbonyl (C=O) groups is 2. The van der Waals surface area contributed by atoms with Crippen LogP contribution in [0.1, 0.15) is 22.6 Å². The summed E-state index contributed by atoms with van der Waals surface area (Å²) >= 11 is 0. The average molecular weight is 769 g/mol. The lowest BCUT2D eigenvalue weighted by Crippen LogP contribution is -2.29. The van der Waals surface area contributed by atoms with E-state index >= 15 is 0 Å². The van der Waals surface area contributed by atoms with Crippen molar-refractivity contribution in [2.24, 2.45) is 0 Å². The van der Waals surface area contributed by atoms with Crippen molar-refractivity contribution >= 4 is 12.2 Å². The second-order valence-electron chi connectivity index (χ2n) is 12.1. The number of rotatable bonds is 31. The SMILES string of the molecule is O=C(NCCOCCOCCOCCOCCOCCOCCOCCOCCNC(=O)OCC1c2ccccc2-c2ccccc21)OCc1ccccc1. The summed E-state index contributed by atoms with van der Waals surface area (Å²) in [5.74, 6) is 0.0330. The van der Waals surface area contributed by atoms with Crippen LogP contribution in [0.4, 0.5) is 9.59 Å². The summed E-state index contributed by atoms with van der Waals surface area (Å²) in [6.07, 6.45) is -0.930. The summed E-state index contributed by atoms with van der Waals surface area (Å²) in [7, 11) is 0. The van der Waals surface area contributed by atoms with Gasteiger partial charge in [-0.25, -0.2) is 9.59 Å². The van der Waals surface area contributed by atoms with E-state index in [4.69, 9.17) is 47.4 Å². The van der Waals surface area contributed by atoms with Crippen molar-refractivity contribution in [1.82, 2.24) is 10.6 Å². The number of nitrogens with one attached hydrogen (secondary N) is 2. The lowest BCUT2D eigenvalue weighted by molar-refractivity contribution is -0.0229. The van der Waals surface area contributed by atoms with Crippen LogP contribution in [0.5, 0.6) is 0 Å². The lowest BCUT2D eigenvalue weighted by Gasteiger charge is -2.14. The molecule has 1 aliphatic carbocycles. The molecule has 302 valence electrons. The smallest absolute Gasteiger partial charge is 0.407 e. The van der Waals surface area contributed by atoms with Crippen LogP contribution in [0.3, 0.4) is 0 Å². The van der Waals surface area contributed by atoms with Crippen LogP contribution in [0.2, 0.25) is 0 Å². The molecule has 0 radical (unpaired) electrons. The van der Waals surface area contributed by atoms with Crippen molar-refractivity contribution in [3.63, 3.8) is 0 Å². The van der Waals surface area contributed by atoms with Gasteiger partial charge in [0.2, 0.25) is 0 Å². The van der Waals surface area contributed by atoms with Crippen LogP contribution in [0, 0.1) is 0 Å². The summed E-state index contributed by atoms with van der Waals surface area (Å²) in [5, 5.41) is 5.38. The number of alkyl carbamates (subject to hydrolysis) is 2. The quantitative estimate of drug-likeness (QED) is 0.0883. The molecule has 14 nitrogen and oxygen atoms in total. The van der Waals surface area contributed by atoms with E-state index < -0.39 is 12.2 Å². The second-order valence-corrected chi connectivity index (χ2v) is 12.1. The molecule has 0 atom stereocenters. The molecule has 0 fully saturated rings. The summed E-state index contributed by atoms with van der Waals surface area (Å²) in [5.41, 5.74) is 5.69. The fourth-order valence-corrected chi connectivity index (χ4v) is 5.52. The molecule has 2 N–H and O–H groups in total. The van der Waals surface area contributed by atoms with Gasteiger partial charge in [0.25, 0.3) is 0 Å². The number of fused-ring (bicyclic) bond motifs is 3. The zero-order valence-electron chi connectivity index (χ0n) is 31.6. The minimum atomic E-state index is -0.474. The largest absolute Gasteiger partial charge is 0.449 e. The van der Waals surface area contributed by atoms with Crippen molar-refractivity contribution in [2.75, 3.05) is 125 Å². The molecule has 0 saturated heterocycles. The van der Waals surface area contributed by atoms with Gasteiger partial charge in [-0.15, -0.1) is 0 Å². The molecule has 4 rings (SSSR count). The zero-order chi connectivity index (χ0) is 38.4. The highest BCUT2D eigenvalue weighted by atomic mass is 16.6. The molecular formula is C41H56N2O12. The van der Waals surface area contributed by atoms with Crippen LogP contribution >= 0.6 is 0 Å². The van der Waals surface area contributed by atoms with E-state index in [-0.39, 0.29) is 19.1 Å². The zero-order valence-corrected chi connectivity index (χ0v) is 31.6. The topological polar surface area (TPSA) is 150 Å². The van der Waals surface area contributed by atoms with Gasteiger partial charge in [-0.2, -0.15) is 0 Å². The molecule has 0 unspecified atom stereocenters. The van der Waals surface area contributed by atoms with Crippen LogP contribution in [0.25, 0.3) is 11.1 Å². The molecule has 0 saturated carbocycles. The molecule has 0 bridgehead atoms. The van der Waals surface area contributed by atoms with Crippen LogP contribution in [-0.2, 0) is 54.0 Å². The summed E-state index contributed by atoms with van der Waals surface area (Å²) < 4.78 is 54.6. The third-order valence-corrected chi connectivity index (χ3v) is 8.19. The molecule has 0 spiro atoms. The maximum absolute atomic E-state index is 12.2. The monoisotopic (exact) mass is 768 g/mol. The van der Waals surface area contributed by atoms with E-state index in [0.717, 1.165) is 5.56 Å². The average Bonchev–Trinajstić information content (AvgIpc) is 3.54. The maximum atomic E-state index is 12.2. The molecule has 3 aromatic carbocycles. The minimum absolute atomic E-state index is 0.0330. The van der Waals surface area contributed by atoms with E-state index in [1.165, 1.54) is 22.3 Å². The molecule has 55 heavy (non-hydrogen) atoms. The highest BCUT2D eigenvalue weighted by Gasteiger charge is 2.28. The Labute approximate surface area is 323 Å². The number of ether oxygens (including phenoxy) is 10. The van der Waals surface area contributed by atoms with Gasteiger partial charge in [0.1, 0.15) is 13.2 Å². The Hall–Kier alpha value is -4.12. The first-order valence-corrected chi connectivity index (χ1v) is 18.9. The standard InChI is InChI=1S/C41H56N2O12/c44-40(54-32-34-8-2-1-3-9-34)42-14-16-46-18-20-48-22-24-50-26-28-52-30-31-53-29-27-51-25-23-49-21-19-47-17-15-43-41(45)55-33-39-37-12-6-4-10-35(37)36-11-5-7-13-38(36)39/h1-13,39H,14-33H2,(H,42,44)(H,43,45). The fraction of sp³-hybridized carbons (Fsp3) is 0.512. The number of amides is 2. The Morgan fingerprint density at radius 2 is 0.764 bits per heavy atom. The van der Waals surface area contributed by atoms with Crippen LogP contribution in [-0.4, -0.2) is 138 Å². The van der Waals surface area contributed by atoms with Crippen molar-refractivity contribution in [2.45, 2.75) is 12.5 Å². The van der Waals surface area contributed by atoms with Crippen molar-refractivity contribution in [1.29, 1.82) is 0 Å². The van der Waals surface area contributed by atoms with Gasteiger partial charge in [-0.3, -0.25) is 0 Å². The normalized spacial score (nSPS) is 11.9. The number of hydrogen-bond donors (Lipinski definition) is 2. The highest BCUT2D eigenvalue weighted by molar-refractivity contribution is 5.79. The summed E-state index contributed by atoms with van der Waals surface area (Å²) in [6, 6.07) is 26.0. The van der Waals surface area contributed by atoms with E-state index in [9.17, 15) is 9.59 Å². The highest BCUT2D eigenvalue weighted by Crippen LogP contribution is 2.44. The molecule has 2 amide bonds. The van der Waals surface area contributed by atoms with E-state index in [2.05, 4.69) is 34.9 Å². The Morgan fingerprint density at radius 3 is 1.18 bits per heavy atom. The van der Waals surface area contributed by atoms with Crippen molar-refractivity contribution < 1.29 is 57.0 Å². The van der Waals surface area contributed by atoms with Gasteiger partial charge < -0.3 is 58.0 Å². The van der Waals surface area contributed by atoms with Crippen LogP contribution in [0.15, 0.2) is 78.9 Å². The first-order chi connectivity index (χ1) is 27.2. The molecule has 3 aromatic rings. The summed E-state index contributed by atoms with van der Waals surface area (Å²) in [6.45, 7) is 8.35. The third-order valence-electron chi connectivity index (χ3n) is 8.19. The predicted molar refractivity (Wildman–Crippen MR) is 204 cm³/mol. The van der Waals surface area contributed by atoms with E-state index in [0.29, 0.717) is 119 Å². The summed E-state index contributed by atoms with van der Waals surface area (Å²) in [4.78, 5) is 23.9. The Morgan fingerprint density at radius 1 is 0.418 bits per heavy atom. The Bertz CT molecular complexity index is 1420. The second kappa shape index (κ2) is 28.3. The van der Waals surface area contributed by atoms with E-state index in [1.54, 1.807) is 0 Å². The van der Waals surface area contributed by atoms with Crippen molar-refractivity contribution in [3.8, 4) is 11.1 Å². The fourth-order valence-electron chi connectivity index (χ4n) is 5.52. The Balaban J connectivity index is 0.798. The van der Waals surface area contributed by atoms with Gasteiger partial charge in [0.15, 0.2) is 0 Å². The molecule has 0 heterocycles. The molecular weight excluding hydrogens is 712 g/mol.